The molecule has 0 fully saturated rings. The quantitative estimate of drug-likeness (QED) is 0.685. The molecule has 0 saturated heterocycles. The molecule has 0 atom stereocenters. The Morgan fingerprint density at radius 1 is 1.25 bits per heavy atom. The van der Waals surface area contributed by atoms with Crippen LogP contribution in [-0.4, -0.2) is 5.11 Å². The summed E-state index contributed by atoms with van der Waals surface area (Å²) in [4.78, 5) is 0.880. The number of benzene rings is 1. The van der Waals surface area contributed by atoms with E-state index in [0.717, 1.165) is 10.5 Å². The summed E-state index contributed by atoms with van der Waals surface area (Å²) in [5.41, 5.74) is 0.863. The monoisotopic (exact) mass is 357 g/mol. The maximum absolute atomic E-state index is 9.01. The van der Waals surface area contributed by atoms with Gasteiger partial charge in [-0.05, 0) is 30.7 Å². The third-order valence-corrected chi connectivity index (χ3v) is 1.46. The molecule has 1 N–H and O–H groups in total. The van der Waals surface area contributed by atoms with Crippen molar-refractivity contribution in [2.45, 2.75) is 25.7 Å². The molecular weight excluding hydrogens is 342 g/mol. The molecule has 0 amide bonds. The molecule has 12 heavy (non-hydrogen) atoms. The first kappa shape index (κ1) is 14.6. The van der Waals surface area contributed by atoms with E-state index in [2.05, 4.69) is 12.6 Å². The van der Waals surface area contributed by atoms with Crippen LogP contribution in [0.25, 0.3) is 0 Å². The maximum Gasteiger partial charge on any atom is 0.118 e. The van der Waals surface area contributed by atoms with Gasteiger partial charge in [-0.15, -0.1) is 12.6 Å². The number of phenolic OH excluding ortho intramolecular Hbond substituents is 1. The number of hydrogen-bond acceptors (Lipinski definition) is 2. The zero-order valence-electron chi connectivity index (χ0n) is 7.50. The summed E-state index contributed by atoms with van der Waals surface area (Å²) in [5.74, 6) is 0.327. The molecule has 0 aliphatic carbocycles. The van der Waals surface area contributed by atoms with E-state index in [1.54, 1.807) is 12.1 Å². The Kier molecular flexibility index (Phi) is 9.30. The van der Waals surface area contributed by atoms with Crippen molar-refractivity contribution in [3.8, 4) is 5.75 Å². The van der Waals surface area contributed by atoms with Crippen molar-refractivity contribution in [3.05, 3.63) is 23.8 Å². The van der Waals surface area contributed by atoms with Gasteiger partial charge in [0.15, 0.2) is 0 Å². The third-order valence-electron chi connectivity index (χ3n) is 1.18. The van der Waals surface area contributed by atoms with E-state index in [0.29, 0.717) is 5.75 Å². The Balaban J connectivity index is 0. The summed E-state index contributed by atoms with van der Waals surface area (Å²) in [6.45, 7) is 5.84. The normalized spacial score (nSPS) is 7.67. The number of aryl methyl sites for hydroxylation is 1. The number of aromatic hydroxyl groups is 1. The summed E-state index contributed by atoms with van der Waals surface area (Å²) < 4.78 is 0. The zero-order chi connectivity index (χ0) is 8.85. The Bertz CT molecular complexity index is 226. The molecule has 0 saturated carbocycles. The predicted octanol–water partition coefficient (Wildman–Crippen LogP) is 3.01. The van der Waals surface area contributed by atoms with Gasteiger partial charge in [-0.25, -0.2) is 0 Å². The maximum atomic E-state index is 9.01. The summed E-state index contributed by atoms with van der Waals surface area (Å²) in [5, 5.41) is 9.01. The van der Waals surface area contributed by atoms with Crippen molar-refractivity contribution < 1.29 is 25.5 Å². The van der Waals surface area contributed by atoms with Gasteiger partial charge in [0.05, 0.1) is 0 Å². The van der Waals surface area contributed by atoms with Gasteiger partial charge in [-0.1, -0.05) is 13.8 Å². The van der Waals surface area contributed by atoms with Gasteiger partial charge in [-0.2, -0.15) is 0 Å². The van der Waals surface area contributed by atoms with Gasteiger partial charge >= 0.3 is 0 Å². The van der Waals surface area contributed by atoms with E-state index in [-0.39, 0.29) is 20.4 Å². The summed E-state index contributed by atoms with van der Waals surface area (Å²) in [6, 6.07) is 5.21. The van der Waals surface area contributed by atoms with Crippen LogP contribution in [0.15, 0.2) is 23.1 Å². The molecule has 69 valence electrons. The minimum absolute atomic E-state index is 0. The van der Waals surface area contributed by atoms with Crippen molar-refractivity contribution in [2.75, 3.05) is 0 Å². The molecule has 0 bridgehead atoms. The largest absolute Gasteiger partial charge is 0.508 e. The Hall–Kier alpha value is 0.0323. The molecule has 1 aromatic carbocycles. The zero-order valence-corrected chi connectivity index (χ0v) is 11.1. The van der Waals surface area contributed by atoms with E-state index < -0.39 is 0 Å². The van der Waals surface area contributed by atoms with E-state index in [4.69, 9.17) is 5.11 Å². The standard InChI is InChI=1S/C7H8OS.C2H6.Re/c1-5-4-6(9)2-3-7(5)8;1-2;/h2-4,8-9H,1H3;1-2H3;. The number of phenols is 1. The smallest absolute Gasteiger partial charge is 0.118 e. The summed E-state index contributed by atoms with van der Waals surface area (Å²) >= 11 is 4.09. The molecule has 0 aliphatic rings. The van der Waals surface area contributed by atoms with Crippen LogP contribution in [-0.2, 0) is 20.4 Å². The second-order valence-corrected chi connectivity index (χ2v) is 2.49. The molecule has 1 radical (unpaired) electrons. The average molecular weight is 356 g/mol. The molecule has 0 spiro atoms. The fraction of sp³-hybridized carbons (Fsp3) is 0.333. The Morgan fingerprint density at radius 3 is 2.08 bits per heavy atom. The summed E-state index contributed by atoms with van der Waals surface area (Å²) in [7, 11) is 0. The molecule has 0 unspecified atom stereocenters. The van der Waals surface area contributed by atoms with Gasteiger partial charge in [0.2, 0.25) is 0 Å². The van der Waals surface area contributed by atoms with Gasteiger partial charge in [-0.3, -0.25) is 0 Å². The van der Waals surface area contributed by atoms with Gasteiger partial charge in [0, 0.05) is 25.3 Å². The Labute approximate surface area is 93.3 Å². The number of thiol groups is 1. The van der Waals surface area contributed by atoms with Crippen molar-refractivity contribution in [2.24, 2.45) is 0 Å². The van der Waals surface area contributed by atoms with Gasteiger partial charge in [0.25, 0.3) is 0 Å². The third kappa shape index (κ3) is 4.82. The predicted molar refractivity (Wildman–Crippen MR) is 51.4 cm³/mol. The van der Waals surface area contributed by atoms with Crippen LogP contribution < -0.4 is 0 Å². The summed E-state index contributed by atoms with van der Waals surface area (Å²) in [6.07, 6.45) is 0. The molecule has 0 heterocycles. The van der Waals surface area contributed by atoms with Gasteiger partial charge in [0.1, 0.15) is 5.75 Å². The topological polar surface area (TPSA) is 20.2 Å². The van der Waals surface area contributed by atoms with Crippen LogP contribution in [0.1, 0.15) is 19.4 Å². The van der Waals surface area contributed by atoms with E-state index in [1.165, 1.54) is 0 Å². The minimum Gasteiger partial charge on any atom is -0.508 e. The van der Waals surface area contributed by atoms with Crippen LogP contribution in [0.4, 0.5) is 0 Å². The average Bonchev–Trinajstić information content (AvgIpc) is 2.02. The molecular formula is C9H14OReS. The van der Waals surface area contributed by atoms with Crippen molar-refractivity contribution in [3.63, 3.8) is 0 Å². The Morgan fingerprint density at radius 2 is 1.75 bits per heavy atom. The molecule has 1 aromatic rings. The van der Waals surface area contributed by atoms with Crippen LogP contribution in [0, 0.1) is 6.92 Å². The SMILES string of the molecule is CC.Cc1cc(S)ccc1O.[Re]. The molecule has 0 aromatic heterocycles. The van der Waals surface area contributed by atoms with Crippen LogP contribution in [0.3, 0.4) is 0 Å². The van der Waals surface area contributed by atoms with Crippen molar-refractivity contribution in [1.29, 1.82) is 0 Å². The second-order valence-electron chi connectivity index (χ2n) is 1.97. The first-order chi connectivity index (χ1) is 5.20. The van der Waals surface area contributed by atoms with E-state index in [9.17, 15) is 0 Å². The minimum atomic E-state index is 0. The molecule has 0 aliphatic heterocycles. The number of rotatable bonds is 0. The second kappa shape index (κ2) is 7.67. The molecule has 3 heteroatoms. The van der Waals surface area contributed by atoms with E-state index >= 15 is 0 Å². The van der Waals surface area contributed by atoms with Crippen LogP contribution >= 0.6 is 12.6 Å². The van der Waals surface area contributed by atoms with Crippen molar-refractivity contribution >= 4 is 12.6 Å². The van der Waals surface area contributed by atoms with E-state index in [1.807, 2.05) is 26.8 Å². The number of hydrogen-bond donors (Lipinski definition) is 2. The first-order valence-corrected chi connectivity index (χ1v) is 4.13. The fourth-order valence-corrected chi connectivity index (χ4v) is 0.908. The van der Waals surface area contributed by atoms with Crippen LogP contribution in [0.2, 0.25) is 0 Å². The fourth-order valence-electron chi connectivity index (χ4n) is 0.640. The van der Waals surface area contributed by atoms with Crippen LogP contribution in [0.5, 0.6) is 5.75 Å². The van der Waals surface area contributed by atoms with Gasteiger partial charge < -0.3 is 5.11 Å². The molecule has 1 rings (SSSR count). The first-order valence-electron chi connectivity index (χ1n) is 3.69. The van der Waals surface area contributed by atoms with Crippen molar-refractivity contribution in [1.82, 2.24) is 0 Å². The molecule has 1 nitrogen and oxygen atoms in total.